The third-order valence-electron chi connectivity index (χ3n) is 3.84. The lowest BCUT2D eigenvalue weighted by molar-refractivity contribution is 0.162. The summed E-state index contributed by atoms with van der Waals surface area (Å²) in [5, 5.41) is 10.3. The molecular weight excluding hydrogens is 272 g/mol. The molecule has 1 aromatic heterocycles. The van der Waals surface area contributed by atoms with Crippen molar-refractivity contribution in [2.75, 3.05) is 0 Å². The van der Waals surface area contributed by atoms with Crippen LogP contribution in [0.5, 0.6) is 0 Å². The van der Waals surface area contributed by atoms with Gasteiger partial charge in [-0.3, -0.25) is 0 Å². The Kier molecular flexibility index (Phi) is 9.86. The highest BCUT2D eigenvalue weighted by atomic mass is 35.5. The van der Waals surface area contributed by atoms with Gasteiger partial charge in [-0.05, 0) is 24.1 Å². The summed E-state index contributed by atoms with van der Waals surface area (Å²) in [4.78, 5) is 0. The van der Waals surface area contributed by atoms with E-state index in [4.69, 9.17) is 16.0 Å². The van der Waals surface area contributed by atoms with Crippen molar-refractivity contribution in [3.05, 3.63) is 23.1 Å². The van der Waals surface area contributed by atoms with E-state index in [0.29, 0.717) is 5.22 Å². The van der Waals surface area contributed by atoms with Gasteiger partial charge in [0.25, 0.3) is 0 Å². The molecule has 1 unspecified atom stereocenters. The molecule has 0 amide bonds. The Morgan fingerprint density at radius 3 is 2.05 bits per heavy atom. The smallest absolute Gasteiger partial charge is 0.198 e. The van der Waals surface area contributed by atoms with Crippen LogP contribution in [-0.2, 0) is 0 Å². The number of hydrogen-bond donors (Lipinski definition) is 1. The summed E-state index contributed by atoms with van der Waals surface area (Å²) in [6, 6.07) is 1.75. The SMILES string of the molecule is CCCCCCCCCCCCC(O)c1ccoc1Cl. The Labute approximate surface area is 128 Å². The number of furan rings is 1. The van der Waals surface area contributed by atoms with Crippen LogP contribution in [0.3, 0.4) is 0 Å². The molecule has 0 aliphatic carbocycles. The summed E-state index contributed by atoms with van der Waals surface area (Å²) < 4.78 is 4.99. The number of rotatable bonds is 12. The van der Waals surface area contributed by atoms with E-state index in [9.17, 15) is 5.11 Å². The van der Waals surface area contributed by atoms with Gasteiger partial charge in [0.05, 0.1) is 12.4 Å². The van der Waals surface area contributed by atoms with E-state index in [1.54, 1.807) is 6.07 Å². The van der Waals surface area contributed by atoms with Crippen LogP contribution < -0.4 is 0 Å². The molecule has 116 valence electrons. The summed E-state index contributed by atoms with van der Waals surface area (Å²) in [5.41, 5.74) is 0.725. The van der Waals surface area contributed by atoms with Gasteiger partial charge < -0.3 is 9.52 Å². The quantitative estimate of drug-likeness (QED) is 0.461. The van der Waals surface area contributed by atoms with E-state index in [-0.39, 0.29) is 0 Å². The maximum absolute atomic E-state index is 9.97. The third-order valence-corrected chi connectivity index (χ3v) is 4.14. The average molecular weight is 301 g/mol. The van der Waals surface area contributed by atoms with Crippen molar-refractivity contribution in [1.29, 1.82) is 0 Å². The first-order valence-corrected chi connectivity index (χ1v) is 8.54. The number of unbranched alkanes of at least 4 members (excludes halogenated alkanes) is 9. The minimum absolute atomic E-state index is 0.324. The molecule has 1 aromatic rings. The van der Waals surface area contributed by atoms with E-state index >= 15 is 0 Å². The lowest BCUT2D eigenvalue weighted by atomic mass is 10.0. The molecule has 1 heterocycles. The molecule has 0 saturated heterocycles. The molecule has 0 saturated carbocycles. The van der Waals surface area contributed by atoms with E-state index in [1.165, 1.54) is 64.1 Å². The van der Waals surface area contributed by atoms with Crippen LogP contribution in [0, 0.1) is 0 Å². The van der Waals surface area contributed by atoms with Gasteiger partial charge in [0, 0.05) is 5.56 Å². The first-order chi connectivity index (χ1) is 9.75. The summed E-state index contributed by atoms with van der Waals surface area (Å²) in [5.74, 6) is 0. The lowest BCUT2D eigenvalue weighted by Gasteiger charge is -2.08. The molecule has 1 N–H and O–H groups in total. The summed E-state index contributed by atoms with van der Waals surface area (Å²) in [7, 11) is 0. The van der Waals surface area contributed by atoms with Gasteiger partial charge in [-0.1, -0.05) is 71.1 Å². The normalized spacial score (nSPS) is 12.8. The fourth-order valence-corrected chi connectivity index (χ4v) is 2.76. The molecule has 0 radical (unpaired) electrons. The van der Waals surface area contributed by atoms with E-state index in [0.717, 1.165) is 18.4 Å². The highest BCUT2D eigenvalue weighted by Gasteiger charge is 2.13. The van der Waals surface area contributed by atoms with Gasteiger partial charge in [-0.25, -0.2) is 0 Å². The standard InChI is InChI=1S/C17H29ClO2/c1-2-3-4-5-6-7-8-9-10-11-12-16(19)15-13-14-20-17(15)18/h13-14,16,19H,2-12H2,1H3. The van der Waals surface area contributed by atoms with Crippen molar-refractivity contribution in [2.45, 2.75) is 83.7 Å². The first kappa shape index (κ1) is 17.6. The highest BCUT2D eigenvalue weighted by Crippen LogP contribution is 2.27. The van der Waals surface area contributed by atoms with Gasteiger partial charge in [-0.2, -0.15) is 0 Å². The van der Waals surface area contributed by atoms with Gasteiger partial charge in [0.2, 0.25) is 0 Å². The molecule has 0 spiro atoms. The molecule has 20 heavy (non-hydrogen) atoms. The Balaban J connectivity index is 1.91. The summed E-state index contributed by atoms with van der Waals surface area (Å²) in [6.45, 7) is 2.26. The molecule has 3 heteroatoms. The highest BCUT2D eigenvalue weighted by molar-refractivity contribution is 6.29. The molecule has 0 fully saturated rings. The summed E-state index contributed by atoms with van der Waals surface area (Å²) in [6.07, 6.45) is 14.9. The summed E-state index contributed by atoms with van der Waals surface area (Å²) >= 11 is 5.84. The van der Waals surface area contributed by atoms with Gasteiger partial charge in [0.15, 0.2) is 5.22 Å². The average Bonchev–Trinajstić information content (AvgIpc) is 2.87. The second-order valence-electron chi connectivity index (χ2n) is 5.64. The molecule has 1 rings (SSSR count). The first-order valence-electron chi connectivity index (χ1n) is 8.16. The van der Waals surface area contributed by atoms with Crippen molar-refractivity contribution in [1.82, 2.24) is 0 Å². The van der Waals surface area contributed by atoms with Crippen LogP contribution in [0.2, 0.25) is 5.22 Å². The third kappa shape index (κ3) is 7.35. The molecule has 0 aliphatic rings. The van der Waals surface area contributed by atoms with Crippen LogP contribution in [-0.4, -0.2) is 5.11 Å². The monoisotopic (exact) mass is 300 g/mol. The molecule has 0 aromatic carbocycles. The van der Waals surface area contributed by atoms with Gasteiger partial charge >= 0.3 is 0 Å². The number of aliphatic hydroxyl groups is 1. The minimum Gasteiger partial charge on any atom is -0.453 e. The fraction of sp³-hybridized carbons (Fsp3) is 0.765. The molecule has 1 atom stereocenters. The molecule has 0 aliphatic heterocycles. The van der Waals surface area contributed by atoms with Gasteiger partial charge in [-0.15, -0.1) is 0 Å². The zero-order valence-electron chi connectivity index (χ0n) is 12.7. The van der Waals surface area contributed by atoms with Crippen molar-refractivity contribution < 1.29 is 9.52 Å². The zero-order valence-corrected chi connectivity index (χ0v) is 13.5. The Morgan fingerprint density at radius 2 is 1.55 bits per heavy atom. The lowest BCUT2D eigenvalue weighted by Crippen LogP contribution is -1.96. The van der Waals surface area contributed by atoms with Crippen molar-refractivity contribution in [3.8, 4) is 0 Å². The molecular formula is C17H29ClO2. The number of hydrogen-bond acceptors (Lipinski definition) is 2. The molecule has 0 bridgehead atoms. The predicted octanol–water partition coefficient (Wildman–Crippen LogP) is 6.28. The van der Waals surface area contributed by atoms with E-state index < -0.39 is 6.10 Å². The van der Waals surface area contributed by atoms with E-state index in [1.807, 2.05) is 0 Å². The number of halogens is 1. The number of aliphatic hydroxyl groups excluding tert-OH is 1. The Hall–Kier alpha value is -0.470. The maximum atomic E-state index is 9.97. The zero-order chi connectivity index (χ0) is 14.6. The van der Waals surface area contributed by atoms with Crippen LogP contribution in [0.4, 0.5) is 0 Å². The van der Waals surface area contributed by atoms with Crippen LogP contribution in [0.1, 0.15) is 89.2 Å². The Bertz CT molecular complexity index is 335. The fourth-order valence-electron chi connectivity index (χ4n) is 2.52. The Morgan fingerprint density at radius 1 is 1.00 bits per heavy atom. The van der Waals surface area contributed by atoms with Crippen molar-refractivity contribution in [3.63, 3.8) is 0 Å². The molecule has 2 nitrogen and oxygen atoms in total. The van der Waals surface area contributed by atoms with Crippen molar-refractivity contribution >= 4 is 11.6 Å². The predicted molar refractivity (Wildman–Crippen MR) is 85.1 cm³/mol. The largest absolute Gasteiger partial charge is 0.453 e. The van der Waals surface area contributed by atoms with Crippen LogP contribution in [0.15, 0.2) is 16.7 Å². The van der Waals surface area contributed by atoms with E-state index in [2.05, 4.69) is 6.92 Å². The minimum atomic E-state index is -0.477. The second-order valence-corrected chi connectivity index (χ2v) is 5.98. The topological polar surface area (TPSA) is 33.4 Å². The van der Waals surface area contributed by atoms with Crippen LogP contribution >= 0.6 is 11.6 Å². The van der Waals surface area contributed by atoms with Gasteiger partial charge in [0.1, 0.15) is 0 Å². The maximum Gasteiger partial charge on any atom is 0.198 e. The van der Waals surface area contributed by atoms with Crippen LogP contribution in [0.25, 0.3) is 0 Å². The van der Waals surface area contributed by atoms with Crippen molar-refractivity contribution in [2.24, 2.45) is 0 Å². The second kappa shape index (κ2) is 11.2.